The Balaban J connectivity index is 1.72. The lowest BCUT2D eigenvalue weighted by Crippen LogP contribution is -2.30. The SMILES string of the molecule is O=c1n(NCCc2ccncc2)nc2cnccn12. The van der Waals surface area contributed by atoms with E-state index < -0.39 is 0 Å². The summed E-state index contributed by atoms with van der Waals surface area (Å²) in [7, 11) is 0. The van der Waals surface area contributed by atoms with E-state index in [-0.39, 0.29) is 5.69 Å². The van der Waals surface area contributed by atoms with E-state index in [1.54, 1.807) is 31.0 Å². The lowest BCUT2D eigenvalue weighted by molar-refractivity contribution is 0.699. The van der Waals surface area contributed by atoms with E-state index in [1.807, 2.05) is 12.1 Å². The quantitative estimate of drug-likeness (QED) is 0.715. The van der Waals surface area contributed by atoms with Crippen molar-refractivity contribution in [2.45, 2.75) is 6.42 Å². The standard InChI is InChI=1S/C12H12N6O/c19-12-17-8-7-14-9-11(17)16-18(12)15-6-3-10-1-4-13-5-2-10/h1-2,4-5,7-9,15H,3,6H2. The molecule has 7 heteroatoms. The third-order valence-corrected chi connectivity index (χ3v) is 2.75. The summed E-state index contributed by atoms with van der Waals surface area (Å²) in [6.45, 7) is 0.612. The molecule has 3 aromatic heterocycles. The van der Waals surface area contributed by atoms with E-state index in [9.17, 15) is 4.79 Å². The molecule has 96 valence electrons. The number of hydrogen-bond donors (Lipinski definition) is 1. The zero-order valence-electron chi connectivity index (χ0n) is 10.1. The Morgan fingerprint density at radius 3 is 2.79 bits per heavy atom. The topological polar surface area (TPSA) is 77.1 Å². The van der Waals surface area contributed by atoms with Crippen molar-refractivity contribution in [2.75, 3.05) is 12.0 Å². The van der Waals surface area contributed by atoms with Crippen molar-refractivity contribution in [1.29, 1.82) is 0 Å². The van der Waals surface area contributed by atoms with Gasteiger partial charge in [0.05, 0.1) is 6.20 Å². The number of nitrogens with zero attached hydrogens (tertiary/aromatic N) is 5. The van der Waals surface area contributed by atoms with Crippen LogP contribution in [0, 0.1) is 0 Å². The highest BCUT2D eigenvalue weighted by Gasteiger charge is 2.04. The number of fused-ring (bicyclic) bond motifs is 1. The van der Waals surface area contributed by atoms with Crippen molar-refractivity contribution in [2.24, 2.45) is 0 Å². The number of nitrogens with one attached hydrogen (secondary N) is 1. The van der Waals surface area contributed by atoms with E-state index in [1.165, 1.54) is 9.19 Å². The van der Waals surface area contributed by atoms with Crippen LogP contribution in [-0.4, -0.2) is 30.8 Å². The Morgan fingerprint density at radius 1 is 1.16 bits per heavy atom. The fourth-order valence-corrected chi connectivity index (χ4v) is 1.80. The van der Waals surface area contributed by atoms with E-state index in [0.29, 0.717) is 12.2 Å². The second-order valence-corrected chi connectivity index (χ2v) is 4.01. The van der Waals surface area contributed by atoms with Crippen molar-refractivity contribution >= 4 is 5.65 Å². The molecule has 0 atom stereocenters. The van der Waals surface area contributed by atoms with Gasteiger partial charge in [0, 0.05) is 31.3 Å². The van der Waals surface area contributed by atoms with Crippen LogP contribution < -0.4 is 11.1 Å². The minimum atomic E-state index is -0.230. The molecular weight excluding hydrogens is 244 g/mol. The van der Waals surface area contributed by atoms with Crippen molar-refractivity contribution in [3.05, 3.63) is 59.2 Å². The minimum absolute atomic E-state index is 0.230. The van der Waals surface area contributed by atoms with Crippen molar-refractivity contribution in [3.8, 4) is 0 Å². The number of hydrogen-bond acceptors (Lipinski definition) is 5. The maximum atomic E-state index is 11.9. The summed E-state index contributed by atoms with van der Waals surface area (Å²) in [5, 5.41) is 4.12. The molecule has 0 fully saturated rings. The molecule has 1 N–H and O–H groups in total. The van der Waals surface area contributed by atoms with Crippen LogP contribution in [0.1, 0.15) is 5.56 Å². The fraction of sp³-hybridized carbons (Fsp3) is 0.167. The van der Waals surface area contributed by atoms with E-state index >= 15 is 0 Å². The Morgan fingerprint density at radius 2 is 2.00 bits per heavy atom. The molecule has 0 aliphatic rings. The number of rotatable bonds is 4. The summed E-state index contributed by atoms with van der Waals surface area (Å²) in [4.78, 5) is 21.0. The summed E-state index contributed by atoms with van der Waals surface area (Å²) in [5.41, 5.74) is 4.42. The zero-order valence-corrected chi connectivity index (χ0v) is 10.1. The van der Waals surface area contributed by atoms with Crippen LogP contribution in [0.15, 0.2) is 47.9 Å². The van der Waals surface area contributed by atoms with E-state index in [4.69, 9.17) is 0 Å². The Bertz CT molecular complexity index is 733. The van der Waals surface area contributed by atoms with Crippen molar-refractivity contribution in [1.82, 2.24) is 24.3 Å². The first-order valence-corrected chi connectivity index (χ1v) is 5.89. The number of aromatic nitrogens is 5. The molecule has 0 saturated carbocycles. The normalized spacial score (nSPS) is 10.7. The first-order valence-electron chi connectivity index (χ1n) is 5.89. The molecule has 0 saturated heterocycles. The number of pyridine rings is 1. The molecule has 0 aromatic carbocycles. The van der Waals surface area contributed by atoms with Crippen LogP contribution in [0.25, 0.3) is 5.65 Å². The largest absolute Gasteiger partial charge is 0.369 e. The molecule has 0 radical (unpaired) electrons. The van der Waals surface area contributed by atoms with Gasteiger partial charge in [0.1, 0.15) is 0 Å². The van der Waals surface area contributed by atoms with Crippen LogP contribution >= 0.6 is 0 Å². The second kappa shape index (κ2) is 4.89. The molecule has 0 bridgehead atoms. The fourth-order valence-electron chi connectivity index (χ4n) is 1.80. The van der Waals surface area contributed by atoms with Gasteiger partial charge in [0.15, 0.2) is 5.65 Å². The van der Waals surface area contributed by atoms with Crippen molar-refractivity contribution in [3.63, 3.8) is 0 Å². The van der Waals surface area contributed by atoms with Gasteiger partial charge in [-0.1, -0.05) is 0 Å². The minimum Gasteiger partial charge on any atom is -0.305 e. The van der Waals surface area contributed by atoms with E-state index in [2.05, 4.69) is 20.5 Å². The van der Waals surface area contributed by atoms with Gasteiger partial charge in [-0.05, 0) is 24.1 Å². The van der Waals surface area contributed by atoms with Gasteiger partial charge >= 0.3 is 5.69 Å². The van der Waals surface area contributed by atoms with Crippen LogP contribution in [0.2, 0.25) is 0 Å². The average Bonchev–Trinajstić information content (AvgIpc) is 2.78. The van der Waals surface area contributed by atoms with Gasteiger partial charge in [-0.25, -0.2) is 9.20 Å². The molecule has 3 heterocycles. The maximum Gasteiger partial charge on any atom is 0.369 e. The van der Waals surface area contributed by atoms with Gasteiger partial charge in [-0.3, -0.25) is 9.97 Å². The first-order chi connectivity index (χ1) is 9.34. The van der Waals surface area contributed by atoms with E-state index in [0.717, 1.165) is 12.0 Å². The van der Waals surface area contributed by atoms with Crippen LogP contribution in [0.4, 0.5) is 0 Å². The van der Waals surface area contributed by atoms with Crippen LogP contribution in [0.5, 0.6) is 0 Å². The lowest BCUT2D eigenvalue weighted by Gasteiger charge is -2.03. The monoisotopic (exact) mass is 256 g/mol. The second-order valence-electron chi connectivity index (χ2n) is 4.01. The van der Waals surface area contributed by atoms with Gasteiger partial charge in [-0.15, -0.1) is 9.89 Å². The molecule has 19 heavy (non-hydrogen) atoms. The van der Waals surface area contributed by atoms with Crippen molar-refractivity contribution < 1.29 is 0 Å². The maximum absolute atomic E-state index is 11.9. The molecule has 7 nitrogen and oxygen atoms in total. The highest BCUT2D eigenvalue weighted by atomic mass is 16.2. The van der Waals surface area contributed by atoms with Crippen LogP contribution in [0.3, 0.4) is 0 Å². The summed E-state index contributed by atoms with van der Waals surface area (Å²) < 4.78 is 1.44. The molecule has 0 unspecified atom stereocenters. The summed E-state index contributed by atoms with van der Waals surface area (Å²) in [5.74, 6) is 0. The predicted molar refractivity (Wildman–Crippen MR) is 69.4 cm³/mol. The average molecular weight is 256 g/mol. The Kier molecular flexibility index (Phi) is 2.93. The van der Waals surface area contributed by atoms with Gasteiger partial charge in [-0.2, -0.15) is 0 Å². The Hall–Kier alpha value is -2.70. The predicted octanol–water partition coefficient (Wildman–Crippen LogP) is 0.0722. The molecule has 3 aromatic rings. The highest BCUT2D eigenvalue weighted by Crippen LogP contribution is 1.96. The molecule has 0 aliphatic carbocycles. The smallest absolute Gasteiger partial charge is 0.305 e. The van der Waals surface area contributed by atoms with Gasteiger partial charge in [0.2, 0.25) is 0 Å². The molecule has 3 rings (SSSR count). The lowest BCUT2D eigenvalue weighted by atomic mass is 10.2. The zero-order chi connectivity index (χ0) is 13.1. The first kappa shape index (κ1) is 11.4. The highest BCUT2D eigenvalue weighted by molar-refractivity contribution is 5.31. The molecule has 0 aliphatic heterocycles. The van der Waals surface area contributed by atoms with Crippen LogP contribution in [-0.2, 0) is 6.42 Å². The summed E-state index contributed by atoms with van der Waals surface area (Å²) >= 11 is 0. The summed E-state index contributed by atoms with van der Waals surface area (Å²) in [6.07, 6.45) is 8.98. The van der Waals surface area contributed by atoms with Gasteiger partial charge in [0.25, 0.3) is 0 Å². The molecular formula is C12H12N6O. The Labute approximate surface area is 108 Å². The third-order valence-electron chi connectivity index (χ3n) is 2.75. The third kappa shape index (κ3) is 2.30. The molecule has 0 amide bonds. The molecule has 0 spiro atoms. The van der Waals surface area contributed by atoms with Gasteiger partial charge < -0.3 is 5.43 Å². The summed E-state index contributed by atoms with van der Waals surface area (Å²) in [6, 6.07) is 3.89.